The van der Waals surface area contributed by atoms with Crippen molar-refractivity contribution in [1.82, 2.24) is 15.6 Å². The number of ether oxygens (including phenoxy) is 1. The molecule has 1 aromatic carbocycles. The molecule has 0 aliphatic carbocycles. The summed E-state index contributed by atoms with van der Waals surface area (Å²) in [5.41, 5.74) is 3.41. The molecule has 0 saturated carbocycles. The highest BCUT2D eigenvalue weighted by molar-refractivity contribution is 14.0. The van der Waals surface area contributed by atoms with E-state index in [1.807, 2.05) is 6.07 Å². The van der Waals surface area contributed by atoms with Gasteiger partial charge in [-0.05, 0) is 35.7 Å². The highest BCUT2D eigenvalue weighted by atomic mass is 127. The van der Waals surface area contributed by atoms with Crippen LogP contribution >= 0.6 is 35.6 Å². The van der Waals surface area contributed by atoms with Gasteiger partial charge in [-0.1, -0.05) is 29.8 Å². The molecule has 0 saturated heterocycles. The molecule has 0 amide bonds. The van der Waals surface area contributed by atoms with Crippen LogP contribution in [0.1, 0.15) is 11.1 Å². The number of pyridine rings is 1. The lowest BCUT2D eigenvalue weighted by Crippen LogP contribution is -2.37. The summed E-state index contributed by atoms with van der Waals surface area (Å²) >= 11 is 5.79. The van der Waals surface area contributed by atoms with Crippen LogP contribution in [0.15, 0.2) is 47.6 Å². The van der Waals surface area contributed by atoms with Gasteiger partial charge in [0.15, 0.2) is 5.96 Å². The van der Waals surface area contributed by atoms with Crippen LogP contribution in [0.2, 0.25) is 5.15 Å². The molecule has 148 valence electrons. The summed E-state index contributed by atoms with van der Waals surface area (Å²) in [5.74, 6) is 0.772. The first kappa shape index (κ1) is 23.5. The Labute approximate surface area is 183 Å². The van der Waals surface area contributed by atoms with Gasteiger partial charge >= 0.3 is 0 Å². The van der Waals surface area contributed by atoms with E-state index in [0.717, 1.165) is 36.7 Å². The van der Waals surface area contributed by atoms with Crippen molar-refractivity contribution in [1.29, 1.82) is 0 Å². The van der Waals surface area contributed by atoms with E-state index < -0.39 is 0 Å². The molecule has 0 atom stereocenters. The van der Waals surface area contributed by atoms with E-state index in [9.17, 15) is 0 Å². The predicted molar refractivity (Wildman–Crippen MR) is 123 cm³/mol. The zero-order chi connectivity index (χ0) is 18.6. The highest BCUT2D eigenvalue weighted by Gasteiger charge is 2.00. The van der Waals surface area contributed by atoms with Gasteiger partial charge in [0.25, 0.3) is 0 Å². The van der Waals surface area contributed by atoms with E-state index in [1.54, 1.807) is 26.4 Å². The van der Waals surface area contributed by atoms with Gasteiger partial charge < -0.3 is 20.7 Å². The molecule has 0 bridgehead atoms. The van der Waals surface area contributed by atoms with Gasteiger partial charge in [-0.25, -0.2) is 4.98 Å². The average Bonchev–Trinajstić information content (AvgIpc) is 2.67. The Bertz CT molecular complexity index is 680. The smallest absolute Gasteiger partial charge is 0.191 e. The summed E-state index contributed by atoms with van der Waals surface area (Å²) in [4.78, 5) is 8.33. The fraction of sp³-hybridized carbons (Fsp3) is 0.368. The molecule has 0 unspecified atom stereocenters. The monoisotopic (exact) mass is 503 g/mol. The minimum atomic E-state index is 0. The number of rotatable bonds is 9. The second-order valence-electron chi connectivity index (χ2n) is 5.71. The second kappa shape index (κ2) is 13.6. The fourth-order valence-corrected chi connectivity index (χ4v) is 2.44. The van der Waals surface area contributed by atoms with E-state index in [0.29, 0.717) is 18.3 Å². The summed E-state index contributed by atoms with van der Waals surface area (Å²) in [6.07, 6.45) is 2.65. The van der Waals surface area contributed by atoms with E-state index >= 15 is 0 Å². The van der Waals surface area contributed by atoms with Crippen LogP contribution < -0.4 is 16.0 Å². The molecular formula is C19H27ClIN5O. The first-order valence-corrected chi connectivity index (χ1v) is 8.95. The Morgan fingerprint density at radius 2 is 1.81 bits per heavy atom. The van der Waals surface area contributed by atoms with Crippen LogP contribution in [0.5, 0.6) is 0 Å². The molecule has 2 aromatic rings. The van der Waals surface area contributed by atoms with Crippen molar-refractivity contribution in [3.8, 4) is 0 Å². The standard InChI is InChI=1S/C19H26ClN5O.HI/c1-21-19(23-10-9-16-5-8-18(20)24-13-16)25-14-15-3-6-17(7-4-15)22-11-12-26-2;/h3-8,13,22H,9-12,14H2,1-2H3,(H2,21,23,25);1H. The molecule has 0 radical (unpaired) electrons. The van der Waals surface area contributed by atoms with E-state index in [-0.39, 0.29) is 24.0 Å². The lowest BCUT2D eigenvalue weighted by Gasteiger charge is -2.12. The maximum Gasteiger partial charge on any atom is 0.191 e. The number of benzene rings is 1. The molecule has 0 aliphatic heterocycles. The quantitative estimate of drug-likeness (QED) is 0.161. The maximum atomic E-state index is 5.79. The topological polar surface area (TPSA) is 70.6 Å². The Kier molecular flexibility index (Phi) is 11.8. The Hall–Kier alpha value is -1.58. The molecule has 27 heavy (non-hydrogen) atoms. The van der Waals surface area contributed by atoms with Crippen molar-refractivity contribution in [3.05, 3.63) is 58.9 Å². The first-order chi connectivity index (χ1) is 12.7. The summed E-state index contributed by atoms with van der Waals surface area (Å²) in [5, 5.41) is 10.4. The van der Waals surface area contributed by atoms with Crippen molar-refractivity contribution in [2.45, 2.75) is 13.0 Å². The summed E-state index contributed by atoms with van der Waals surface area (Å²) in [6, 6.07) is 12.1. The molecule has 3 N–H and O–H groups in total. The lowest BCUT2D eigenvalue weighted by atomic mass is 10.2. The Balaban J connectivity index is 0.00000364. The third-order valence-electron chi connectivity index (χ3n) is 3.77. The number of guanidine groups is 1. The van der Waals surface area contributed by atoms with Crippen LogP contribution in [-0.2, 0) is 17.7 Å². The molecular weight excluding hydrogens is 477 g/mol. The number of nitrogens with zero attached hydrogens (tertiary/aromatic N) is 2. The Morgan fingerprint density at radius 1 is 1.07 bits per heavy atom. The number of hydrogen-bond acceptors (Lipinski definition) is 4. The van der Waals surface area contributed by atoms with Crippen LogP contribution in [-0.4, -0.2) is 44.8 Å². The van der Waals surface area contributed by atoms with Gasteiger partial charge in [-0.3, -0.25) is 4.99 Å². The largest absolute Gasteiger partial charge is 0.383 e. The van der Waals surface area contributed by atoms with Crippen molar-refractivity contribution in [2.24, 2.45) is 4.99 Å². The molecule has 1 aromatic heterocycles. The Morgan fingerprint density at radius 3 is 2.44 bits per heavy atom. The molecule has 0 aliphatic rings. The van der Waals surface area contributed by atoms with Crippen molar-refractivity contribution >= 4 is 47.2 Å². The van der Waals surface area contributed by atoms with Crippen LogP contribution in [0, 0.1) is 0 Å². The number of anilines is 1. The molecule has 0 spiro atoms. The first-order valence-electron chi connectivity index (χ1n) is 8.58. The fourth-order valence-electron chi connectivity index (χ4n) is 2.32. The summed E-state index contributed by atoms with van der Waals surface area (Å²) in [7, 11) is 3.46. The van der Waals surface area contributed by atoms with Gasteiger partial charge in [0.1, 0.15) is 5.15 Å². The number of aromatic nitrogens is 1. The molecule has 0 fully saturated rings. The van der Waals surface area contributed by atoms with E-state index in [2.05, 4.69) is 50.2 Å². The lowest BCUT2D eigenvalue weighted by molar-refractivity contribution is 0.211. The minimum Gasteiger partial charge on any atom is -0.383 e. The molecule has 6 nitrogen and oxygen atoms in total. The highest BCUT2D eigenvalue weighted by Crippen LogP contribution is 2.09. The number of halogens is 2. The third kappa shape index (κ3) is 9.25. The van der Waals surface area contributed by atoms with Gasteiger partial charge in [-0.2, -0.15) is 0 Å². The maximum absolute atomic E-state index is 5.79. The number of methoxy groups -OCH3 is 1. The number of hydrogen-bond donors (Lipinski definition) is 3. The SMILES string of the molecule is CN=C(NCCc1ccc(Cl)nc1)NCc1ccc(NCCOC)cc1.I. The minimum absolute atomic E-state index is 0. The molecule has 8 heteroatoms. The summed E-state index contributed by atoms with van der Waals surface area (Å²) < 4.78 is 5.03. The van der Waals surface area contributed by atoms with Crippen LogP contribution in [0.25, 0.3) is 0 Å². The predicted octanol–water partition coefficient (Wildman–Crippen LogP) is 3.32. The number of nitrogens with one attached hydrogen (secondary N) is 3. The van der Waals surface area contributed by atoms with Gasteiger partial charge in [0, 0.05) is 45.7 Å². The molecule has 1 heterocycles. The van der Waals surface area contributed by atoms with Crippen LogP contribution in [0.4, 0.5) is 5.69 Å². The van der Waals surface area contributed by atoms with Crippen molar-refractivity contribution < 1.29 is 4.74 Å². The van der Waals surface area contributed by atoms with Gasteiger partial charge in [0.05, 0.1) is 6.61 Å². The van der Waals surface area contributed by atoms with Gasteiger partial charge in [0.2, 0.25) is 0 Å². The van der Waals surface area contributed by atoms with E-state index in [4.69, 9.17) is 16.3 Å². The van der Waals surface area contributed by atoms with Crippen LogP contribution in [0.3, 0.4) is 0 Å². The second-order valence-corrected chi connectivity index (χ2v) is 6.10. The average molecular weight is 504 g/mol. The van der Waals surface area contributed by atoms with Crippen molar-refractivity contribution in [3.63, 3.8) is 0 Å². The third-order valence-corrected chi connectivity index (χ3v) is 3.99. The zero-order valence-corrected chi connectivity index (χ0v) is 18.8. The summed E-state index contributed by atoms with van der Waals surface area (Å²) in [6.45, 7) is 2.97. The number of aliphatic imine (C=N–C) groups is 1. The van der Waals surface area contributed by atoms with Crippen molar-refractivity contribution in [2.75, 3.05) is 39.2 Å². The normalized spacial score (nSPS) is 10.9. The zero-order valence-electron chi connectivity index (χ0n) is 15.7. The van der Waals surface area contributed by atoms with E-state index in [1.165, 1.54) is 5.56 Å². The molecule has 2 rings (SSSR count). The van der Waals surface area contributed by atoms with Gasteiger partial charge in [-0.15, -0.1) is 24.0 Å².